The van der Waals surface area contributed by atoms with Gasteiger partial charge in [0.15, 0.2) is 11.5 Å². The van der Waals surface area contributed by atoms with Crippen LogP contribution < -0.4 is 19.2 Å². The van der Waals surface area contributed by atoms with E-state index in [2.05, 4.69) is 10.5 Å². The molecule has 0 fully saturated rings. The molecule has 0 heterocycles. The van der Waals surface area contributed by atoms with Gasteiger partial charge in [-0.3, -0.25) is 9.10 Å². The fourth-order valence-corrected chi connectivity index (χ4v) is 5.39. The Morgan fingerprint density at radius 1 is 0.952 bits per heavy atom. The minimum absolute atomic E-state index is 0.00412. The van der Waals surface area contributed by atoms with Gasteiger partial charge in [-0.1, -0.05) is 41.4 Å². The van der Waals surface area contributed by atoms with Crippen molar-refractivity contribution in [2.24, 2.45) is 5.10 Å². The standard InChI is InChI=1S/C31H29ClFN3O5S/c1-3-40-30-18-24(8-17-29(30)41-21-23-6-9-25(32)10-7-23)19-34-35-31(37)20-36(27-13-11-26(33)12-14-27)42(38,39)28-15-4-22(2)5-16-28/h4-19H,3,20-21H2,1-2H3,(H,35,37)/b34-19-. The average molecular weight is 610 g/mol. The van der Waals surface area contributed by atoms with E-state index < -0.39 is 28.3 Å². The van der Waals surface area contributed by atoms with Gasteiger partial charge in [0.05, 0.1) is 23.4 Å². The van der Waals surface area contributed by atoms with E-state index >= 15 is 0 Å². The van der Waals surface area contributed by atoms with Gasteiger partial charge in [0, 0.05) is 5.02 Å². The van der Waals surface area contributed by atoms with Crippen molar-refractivity contribution in [3.8, 4) is 11.5 Å². The molecule has 0 radical (unpaired) electrons. The molecule has 218 valence electrons. The highest BCUT2D eigenvalue weighted by molar-refractivity contribution is 7.92. The minimum atomic E-state index is -4.14. The number of ether oxygens (including phenoxy) is 2. The third-order valence-corrected chi connectivity index (χ3v) is 8.03. The Bertz CT molecular complexity index is 1650. The van der Waals surface area contributed by atoms with Crippen LogP contribution >= 0.6 is 11.6 Å². The fourth-order valence-electron chi connectivity index (χ4n) is 3.84. The number of nitrogens with zero attached hydrogens (tertiary/aromatic N) is 2. The maximum absolute atomic E-state index is 13.6. The Labute approximate surface area is 249 Å². The lowest BCUT2D eigenvalue weighted by Gasteiger charge is -2.23. The second-order valence-electron chi connectivity index (χ2n) is 9.15. The summed E-state index contributed by atoms with van der Waals surface area (Å²) in [6.45, 7) is 3.82. The summed E-state index contributed by atoms with van der Waals surface area (Å²) >= 11 is 5.94. The molecule has 4 aromatic carbocycles. The van der Waals surface area contributed by atoms with Crippen LogP contribution in [0.25, 0.3) is 0 Å². The number of nitrogens with one attached hydrogen (secondary N) is 1. The van der Waals surface area contributed by atoms with Crippen LogP contribution in [0, 0.1) is 12.7 Å². The molecular weight excluding hydrogens is 581 g/mol. The number of sulfonamides is 1. The molecular formula is C31H29ClFN3O5S. The van der Waals surface area contributed by atoms with Gasteiger partial charge in [-0.15, -0.1) is 0 Å². The first-order chi connectivity index (χ1) is 20.2. The van der Waals surface area contributed by atoms with Crippen LogP contribution in [0.1, 0.15) is 23.6 Å². The van der Waals surface area contributed by atoms with E-state index in [1.54, 1.807) is 42.5 Å². The summed E-state index contributed by atoms with van der Waals surface area (Å²) in [5.74, 6) is -0.204. The Morgan fingerprint density at radius 3 is 2.31 bits per heavy atom. The van der Waals surface area contributed by atoms with Crippen LogP contribution in [-0.2, 0) is 21.4 Å². The molecule has 0 aliphatic carbocycles. The maximum Gasteiger partial charge on any atom is 0.264 e. The summed E-state index contributed by atoms with van der Waals surface area (Å²) < 4.78 is 52.9. The highest BCUT2D eigenvalue weighted by Crippen LogP contribution is 2.29. The van der Waals surface area contributed by atoms with Gasteiger partial charge in [-0.05, 0) is 91.7 Å². The predicted octanol–water partition coefficient (Wildman–Crippen LogP) is 6.11. The molecule has 1 N–H and O–H groups in total. The van der Waals surface area contributed by atoms with Crippen LogP contribution in [0.5, 0.6) is 11.5 Å². The van der Waals surface area contributed by atoms with Gasteiger partial charge in [0.25, 0.3) is 15.9 Å². The topological polar surface area (TPSA) is 97.3 Å². The minimum Gasteiger partial charge on any atom is -0.490 e. The van der Waals surface area contributed by atoms with Crippen molar-refractivity contribution >= 4 is 39.4 Å². The third-order valence-electron chi connectivity index (χ3n) is 5.99. The Hall–Kier alpha value is -4.41. The van der Waals surface area contributed by atoms with Crippen molar-refractivity contribution in [3.63, 3.8) is 0 Å². The summed E-state index contributed by atoms with van der Waals surface area (Å²) in [6.07, 6.45) is 1.40. The number of hydrazone groups is 1. The van der Waals surface area contributed by atoms with Crippen molar-refractivity contribution in [1.82, 2.24) is 5.43 Å². The monoisotopic (exact) mass is 609 g/mol. The van der Waals surface area contributed by atoms with Crippen LogP contribution in [0.4, 0.5) is 10.1 Å². The number of amides is 1. The summed E-state index contributed by atoms with van der Waals surface area (Å²) in [5, 5.41) is 4.63. The number of halogens is 2. The fraction of sp³-hybridized carbons (Fsp3) is 0.161. The molecule has 0 atom stereocenters. The molecule has 4 rings (SSSR count). The average Bonchev–Trinajstić information content (AvgIpc) is 2.97. The molecule has 0 bridgehead atoms. The lowest BCUT2D eigenvalue weighted by molar-refractivity contribution is -0.119. The molecule has 0 spiro atoms. The van der Waals surface area contributed by atoms with Crippen molar-refractivity contribution in [3.05, 3.63) is 119 Å². The SMILES string of the molecule is CCOc1cc(/C=N\NC(=O)CN(c2ccc(F)cc2)S(=O)(=O)c2ccc(C)cc2)ccc1OCc1ccc(Cl)cc1. The van der Waals surface area contributed by atoms with E-state index in [-0.39, 0.29) is 10.6 Å². The number of hydrogen-bond acceptors (Lipinski definition) is 6. The summed E-state index contributed by atoms with van der Waals surface area (Å²) in [7, 11) is -4.14. The van der Waals surface area contributed by atoms with Gasteiger partial charge in [-0.2, -0.15) is 5.10 Å². The van der Waals surface area contributed by atoms with E-state index in [0.29, 0.717) is 35.3 Å². The van der Waals surface area contributed by atoms with E-state index in [9.17, 15) is 17.6 Å². The van der Waals surface area contributed by atoms with Crippen LogP contribution in [0.15, 0.2) is 101 Å². The van der Waals surface area contributed by atoms with Crippen LogP contribution in [0.3, 0.4) is 0 Å². The van der Waals surface area contributed by atoms with E-state index in [4.69, 9.17) is 21.1 Å². The molecule has 1 amide bonds. The van der Waals surface area contributed by atoms with E-state index in [1.165, 1.54) is 30.5 Å². The Kier molecular flexibility index (Phi) is 10.2. The number of rotatable bonds is 12. The Balaban J connectivity index is 1.46. The highest BCUT2D eigenvalue weighted by Gasteiger charge is 2.27. The van der Waals surface area contributed by atoms with Crippen molar-refractivity contribution in [2.45, 2.75) is 25.3 Å². The van der Waals surface area contributed by atoms with Crippen molar-refractivity contribution in [1.29, 1.82) is 0 Å². The predicted molar refractivity (Wildman–Crippen MR) is 161 cm³/mol. The lowest BCUT2D eigenvalue weighted by Crippen LogP contribution is -2.39. The number of hydrogen-bond donors (Lipinski definition) is 1. The first-order valence-electron chi connectivity index (χ1n) is 13.0. The van der Waals surface area contributed by atoms with Crippen molar-refractivity contribution in [2.75, 3.05) is 17.5 Å². The second kappa shape index (κ2) is 14.0. The molecule has 0 aliphatic rings. The molecule has 0 aromatic heterocycles. The molecule has 0 aliphatic heterocycles. The van der Waals surface area contributed by atoms with Gasteiger partial charge < -0.3 is 9.47 Å². The third kappa shape index (κ3) is 8.08. The second-order valence-corrected chi connectivity index (χ2v) is 11.4. The molecule has 42 heavy (non-hydrogen) atoms. The Morgan fingerprint density at radius 2 is 1.64 bits per heavy atom. The van der Waals surface area contributed by atoms with Gasteiger partial charge in [-0.25, -0.2) is 18.2 Å². The molecule has 4 aromatic rings. The molecule has 0 saturated heterocycles. The number of benzene rings is 4. The highest BCUT2D eigenvalue weighted by atomic mass is 35.5. The van der Waals surface area contributed by atoms with E-state index in [1.807, 2.05) is 26.0 Å². The van der Waals surface area contributed by atoms with Gasteiger partial charge in [0.2, 0.25) is 0 Å². The quantitative estimate of drug-likeness (QED) is 0.154. The summed E-state index contributed by atoms with van der Waals surface area (Å²) in [5.41, 5.74) is 4.92. The largest absolute Gasteiger partial charge is 0.490 e. The number of carbonyl (C=O) groups is 1. The number of anilines is 1. The lowest BCUT2D eigenvalue weighted by atomic mass is 10.2. The first kappa shape index (κ1) is 30.5. The van der Waals surface area contributed by atoms with Crippen LogP contribution in [0.2, 0.25) is 5.02 Å². The number of carbonyl (C=O) groups excluding carboxylic acids is 1. The van der Waals surface area contributed by atoms with Crippen LogP contribution in [-0.4, -0.2) is 33.7 Å². The zero-order valence-corrected chi connectivity index (χ0v) is 24.5. The maximum atomic E-state index is 13.6. The molecule has 11 heteroatoms. The zero-order chi connectivity index (χ0) is 30.1. The zero-order valence-electron chi connectivity index (χ0n) is 23.0. The van der Waals surface area contributed by atoms with Gasteiger partial charge >= 0.3 is 0 Å². The normalized spacial score (nSPS) is 11.3. The smallest absolute Gasteiger partial charge is 0.264 e. The molecule has 0 unspecified atom stereocenters. The summed E-state index contributed by atoms with van der Waals surface area (Å²) in [4.78, 5) is 12.8. The van der Waals surface area contributed by atoms with Crippen molar-refractivity contribution < 1.29 is 27.1 Å². The first-order valence-corrected chi connectivity index (χ1v) is 14.8. The summed E-state index contributed by atoms with van der Waals surface area (Å²) in [6, 6.07) is 23.6. The molecule has 8 nitrogen and oxygen atoms in total. The van der Waals surface area contributed by atoms with E-state index in [0.717, 1.165) is 27.6 Å². The molecule has 0 saturated carbocycles. The van der Waals surface area contributed by atoms with Gasteiger partial charge in [0.1, 0.15) is 19.0 Å². The number of aryl methyl sites for hydroxylation is 1.